The molecule has 0 aliphatic rings. The van der Waals surface area contributed by atoms with E-state index in [4.69, 9.17) is 25.8 Å². The number of hydrogen-bond donors (Lipinski definition) is 1. The molecule has 1 N–H and O–H groups in total. The number of halogens is 1. The number of benzene rings is 2. The summed E-state index contributed by atoms with van der Waals surface area (Å²) in [6, 6.07) is 10.6. The maximum atomic E-state index is 13.3. The standard InChI is InChI=1S/C23H26ClN3O4/c1-6-7-18-22(23(28)27(26-18)15-8-10-16(29-3)11-9-15)14(2)25-19-13-20(30-4)17(24)12-21(19)31-5/h8-13,26H,6-7H2,1-5H3. The summed E-state index contributed by atoms with van der Waals surface area (Å²) in [6.07, 6.45) is 1.59. The smallest absolute Gasteiger partial charge is 0.280 e. The van der Waals surface area contributed by atoms with Gasteiger partial charge < -0.3 is 14.2 Å². The van der Waals surface area contributed by atoms with Crippen LogP contribution in [0.4, 0.5) is 5.69 Å². The number of rotatable bonds is 8. The summed E-state index contributed by atoms with van der Waals surface area (Å²) in [5.41, 5.74) is 3.00. The average Bonchev–Trinajstić information content (AvgIpc) is 3.10. The predicted molar refractivity (Wildman–Crippen MR) is 123 cm³/mol. The minimum absolute atomic E-state index is 0.172. The summed E-state index contributed by atoms with van der Waals surface area (Å²) in [4.78, 5) is 18.0. The molecule has 31 heavy (non-hydrogen) atoms. The number of aromatic amines is 1. The van der Waals surface area contributed by atoms with Gasteiger partial charge in [-0.1, -0.05) is 24.9 Å². The van der Waals surface area contributed by atoms with E-state index < -0.39 is 0 Å². The number of aliphatic imine (C=N–C) groups is 1. The Labute approximate surface area is 186 Å². The molecule has 0 aliphatic heterocycles. The molecule has 7 nitrogen and oxygen atoms in total. The zero-order valence-electron chi connectivity index (χ0n) is 18.3. The van der Waals surface area contributed by atoms with Crippen molar-refractivity contribution < 1.29 is 14.2 Å². The lowest BCUT2D eigenvalue weighted by Crippen LogP contribution is -2.19. The number of aryl methyl sites for hydroxylation is 1. The minimum Gasteiger partial charge on any atom is -0.497 e. The van der Waals surface area contributed by atoms with Crippen LogP contribution in [0.3, 0.4) is 0 Å². The summed E-state index contributed by atoms with van der Waals surface area (Å²) < 4.78 is 17.5. The number of hydrogen-bond acceptors (Lipinski definition) is 5. The van der Waals surface area contributed by atoms with Gasteiger partial charge in [0.2, 0.25) is 0 Å². The molecule has 0 saturated heterocycles. The second-order valence-corrected chi connectivity index (χ2v) is 7.32. The first-order valence-corrected chi connectivity index (χ1v) is 10.3. The van der Waals surface area contributed by atoms with Gasteiger partial charge in [0.1, 0.15) is 22.9 Å². The van der Waals surface area contributed by atoms with E-state index in [0.717, 1.165) is 17.9 Å². The third kappa shape index (κ3) is 4.61. The van der Waals surface area contributed by atoms with E-state index in [1.807, 2.05) is 31.2 Å². The molecule has 0 bridgehead atoms. The highest BCUT2D eigenvalue weighted by Gasteiger charge is 2.18. The highest BCUT2D eigenvalue weighted by atomic mass is 35.5. The summed E-state index contributed by atoms with van der Waals surface area (Å²) in [5.74, 6) is 1.69. The minimum atomic E-state index is -0.172. The van der Waals surface area contributed by atoms with Crippen LogP contribution in [0.2, 0.25) is 5.02 Å². The first-order valence-electron chi connectivity index (χ1n) is 9.88. The number of H-pyrrole nitrogens is 1. The Balaban J connectivity index is 2.13. The molecule has 0 saturated carbocycles. The molecule has 164 valence electrons. The number of ether oxygens (including phenoxy) is 3. The van der Waals surface area contributed by atoms with Crippen molar-refractivity contribution in [2.75, 3.05) is 21.3 Å². The van der Waals surface area contributed by atoms with Crippen molar-refractivity contribution in [1.82, 2.24) is 9.78 Å². The van der Waals surface area contributed by atoms with Crippen LogP contribution in [-0.2, 0) is 6.42 Å². The third-order valence-electron chi connectivity index (χ3n) is 4.90. The van der Waals surface area contributed by atoms with Crippen LogP contribution in [0.5, 0.6) is 17.2 Å². The van der Waals surface area contributed by atoms with E-state index in [1.165, 1.54) is 11.8 Å². The monoisotopic (exact) mass is 443 g/mol. The summed E-state index contributed by atoms with van der Waals surface area (Å²) in [7, 11) is 4.68. The van der Waals surface area contributed by atoms with E-state index in [9.17, 15) is 4.79 Å². The second kappa shape index (κ2) is 9.75. The summed E-state index contributed by atoms with van der Waals surface area (Å²) in [6.45, 7) is 3.87. The number of methoxy groups -OCH3 is 3. The number of aromatic nitrogens is 2. The van der Waals surface area contributed by atoms with E-state index in [1.54, 1.807) is 26.4 Å². The molecule has 0 aliphatic carbocycles. The van der Waals surface area contributed by atoms with Crippen LogP contribution in [0.15, 0.2) is 46.2 Å². The quantitative estimate of drug-likeness (QED) is 0.500. The van der Waals surface area contributed by atoms with E-state index in [2.05, 4.69) is 17.0 Å². The predicted octanol–water partition coefficient (Wildman–Crippen LogP) is 4.94. The maximum absolute atomic E-state index is 13.3. The van der Waals surface area contributed by atoms with Gasteiger partial charge in [-0.25, -0.2) is 9.67 Å². The number of nitrogens with zero attached hydrogens (tertiary/aromatic N) is 2. The normalized spacial score (nSPS) is 11.5. The molecule has 0 amide bonds. The van der Waals surface area contributed by atoms with Crippen LogP contribution < -0.4 is 19.8 Å². The zero-order chi connectivity index (χ0) is 22.5. The fraction of sp³-hybridized carbons (Fsp3) is 0.304. The maximum Gasteiger partial charge on any atom is 0.280 e. The largest absolute Gasteiger partial charge is 0.497 e. The van der Waals surface area contributed by atoms with Crippen molar-refractivity contribution in [2.24, 2.45) is 4.99 Å². The molecule has 0 fully saturated rings. The highest BCUT2D eigenvalue weighted by Crippen LogP contribution is 2.38. The fourth-order valence-corrected chi connectivity index (χ4v) is 3.60. The second-order valence-electron chi connectivity index (χ2n) is 6.91. The number of nitrogens with one attached hydrogen (secondary N) is 1. The topological polar surface area (TPSA) is 77.8 Å². The Kier molecular flexibility index (Phi) is 7.07. The average molecular weight is 444 g/mol. The SMILES string of the molecule is CCCc1[nH]n(-c2ccc(OC)cc2)c(=O)c1C(C)=Nc1cc(OC)c(Cl)cc1OC. The molecule has 1 aromatic heterocycles. The zero-order valence-corrected chi connectivity index (χ0v) is 19.0. The van der Waals surface area contributed by atoms with Gasteiger partial charge in [-0.05, 0) is 37.6 Å². The molecule has 8 heteroatoms. The fourth-order valence-electron chi connectivity index (χ4n) is 3.37. The van der Waals surface area contributed by atoms with Crippen LogP contribution in [0, 0.1) is 0 Å². The Morgan fingerprint density at radius 1 is 1.06 bits per heavy atom. The van der Waals surface area contributed by atoms with Gasteiger partial charge in [-0.3, -0.25) is 9.89 Å². The Bertz CT molecular complexity index is 1150. The van der Waals surface area contributed by atoms with E-state index in [-0.39, 0.29) is 5.56 Å². The van der Waals surface area contributed by atoms with E-state index >= 15 is 0 Å². The lowest BCUT2D eigenvalue weighted by Gasteiger charge is -2.10. The van der Waals surface area contributed by atoms with Gasteiger partial charge in [0.25, 0.3) is 5.56 Å². The molecule has 3 rings (SSSR count). The Morgan fingerprint density at radius 2 is 1.74 bits per heavy atom. The van der Waals surface area contributed by atoms with Crippen molar-refractivity contribution in [3.8, 4) is 22.9 Å². The van der Waals surface area contributed by atoms with E-state index in [0.29, 0.717) is 45.6 Å². The van der Waals surface area contributed by atoms with Crippen molar-refractivity contribution in [3.63, 3.8) is 0 Å². The Hall–Kier alpha value is -3.19. The molecule has 0 spiro atoms. The van der Waals surface area contributed by atoms with Crippen LogP contribution >= 0.6 is 11.6 Å². The highest BCUT2D eigenvalue weighted by molar-refractivity contribution is 6.32. The van der Waals surface area contributed by atoms with Crippen LogP contribution in [0.25, 0.3) is 5.69 Å². The summed E-state index contributed by atoms with van der Waals surface area (Å²) in [5, 5.41) is 3.66. The van der Waals surface area contributed by atoms with Gasteiger partial charge in [0.15, 0.2) is 0 Å². The molecule has 1 heterocycles. The molecule has 0 radical (unpaired) electrons. The third-order valence-corrected chi connectivity index (χ3v) is 5.19. The molecule has 3 aromatic rings. The molecular formula is C23H26ClN3O4. The van der Waals surface area contributed by atoms with Gasteiger partial charge >= 0.3 is 0 Å². The molecule has 2 aromatic carbocycles. The lowest BCUT2D eigenvalue weighted by atomic mass is 10.1. The van der Waals surface area contributed by atoms with Gasteiger partial charge in [-0.15, -0.1) is 0 Å². The van der Waals surface area contributed by atoms with Gasteiger partial charge in [-0.2, -0.15) is 0 Å². The first-order chi connectivity index (χ1) is 14.9. The lowest BCUT2D eigenvalue weighted by molar-refractivity contribution is 0.404. The molecular weight excluding hydrogens is 418 g/mol. The van der Waals surface area contributed by atoms with Crippen molar-refractivity contribution >= 4 is 23.0 Å². The first kappa shape index (κ1) is 22.5. The molecule has 0 atom stereocenters. The molecule has 0 unspecified atom stereocenters. The van der Waals surface area contributed by atoms with Crippen LogP contribution in [-0.4, -0.2) is 36.8 Å². The van der Waals surface area contributed by atoms with Crippen molar-refractivity contribution in [2.45, 2.75) is 26.7 Å². The summed E-state index contributed by atoms with van der Waals surface area (Å²) >= 11 is 6.20. The Morgan fingerprint density at radius 3 is 2.32 bits per heavy atom. The van der Waals surface area contributed by atoms with Gasteiger partial charge in [0, 0.05) is 17.8 Å². The van der Waals surface area contributed by atoms with Crippen LogP contribution in [0.1, 0.15) is 31.5 Å². The van der Waals surface area contributed by atoms with Crippen molar-refractivity contribution in [3.05, 3.63) is 63.0 Å². The van der Waals surface area contributed by atoms with Crippen molar-refractivity contribution in [1.29, 1.82) is 0 Å². The van der Waals surface area contributed by atoms with Gasteiger partial charge in [0.05, 0.1) is 43.3 Å².